The lowest BCUT2D eigenvalue weighted by atomic mass is 9.93. The van der Waals surface area contributed by atoms with Crippen molar-refractivity contribution in [1.82, 2.24) is 15.5 Å². The minimum atomic E-state index is -0.307. The van der Waals surface area contributed by atoms with Crippen molar-refractivity contribution >= 4 is 24.2 Å². The number of hydrogen-bond donors (Lipinski definition) is 2. The topological polar surface area (TPSA) is 61.4 Å². The Morgan fingerprint density at radius 3 is 2.45 bits per heavy atom. The summed E-state index contributed by atoms with van der Waals surface area (Å²) < 4.78 is 0. The number of amides is 2. The number of carbonyl (C=O) groups excluding carboxylic acids is 2. The van der Waals surface area contributed by atoms with E-state index in [0.717, 1.165) is 38.9 Å². The quantitative estimate of drug-likeness (QED) is 0.803. The first-order valence-corrected chi connectivity index (χ1v) is 8.32. The van der Waals surface area contributed by atoms with Crippen molar-refractivity contribution in [3.8, 4) is 0 Å². The second kappa shape index (κ2) is 9.36. The number of likely N-dealkylation sites (tertiary alicyclic amines) is 1. The fourth-order valence-electron chi connectivity index (χ4n) is 3.81. The van der Waals surface area contributed by atoms with E-state index in [4.69, 9.17) is 0 Å². The van der Waals surface area contributed by atoms with Crippen LogP contribution in [0.5, 0.6) is 0 Å². The molecule has 2 amide bonds. The molecule has 2 aliphatic rings. The van der Waals surface area contributed by atoms with Crippen LogP contribution < -0.4 is 10.6 Å². The van der Waals surface area contributed by atoms with Crippen molar-refractivity contribution in [2.45, 2.75) is 51.5 Å². The molecular weight excluding hydrogens is 302 g/mol. The van der Waals surface area contributed by atoms with Gasteiger partial charge in [-0.05, 0) is 51.1 Å². The van der Waals surface area contributed by atoms with Gasteiger partial charge in [-0.15, -0.1) is 12.4 Å². The van der Waals surface area contributed by atoms with E-state index >= 15 is 0 Å². The van der Waals surface area contributed by atoms with Crippen molar-refractivity contribution < 1.29 is 9.59 Å². The maximum absolute atomic E-state index is 12.9. The van der Waals surface area contributed by atoms with Gasteiger partial charge in [0, 0.05) is 20.0 Å². The van der Waals surface area contributed by atoms with Gasteiger partial charge in [-0.2, -0.15) is 0 Å². The van der Waals surface area contributed by atoms with Crippen LogP contribution >= 0.6 is 12.4 Å². The SMILES string of the molecule is CNCC1CCCN(C(=O)C(NC(C)=O)C2CCCC2)C1.Cl. The smallest absolute Gasteiger partial charge is 0.245 e. The molecule has 1 heterocycles. The normalized spacial score (nSPS) is 23.7. The maximum atomic E-state index is 12.9. The highest BCUT2D eigenvalue weighted by atomic mass is 35.5. The Balaban J connectivity index is 0.00000242. The van der Waals surface area contributed by atoms with E-state index in [1.54, 1.807) is 0 Å². The molecular formula is C16H30ClN3O2. The molecule has 22 heavy (non-hydrogen) atoms. The third-order valence-electron chi connectivity index (χ3n) is 4.82. The molecule has 1 saturated carbocycles. The molecule has 0 radical (unpaired) electrons. The van der Waals surface area contributed by atoms with Crippen LogP contribution in [0.25, 0.3) is 0 Å². The van der Waals surface area contributed by atoms with Gasteiger partial charge in [0.05, 0.1) is 0 Å². The van der Waals surface area contributed by atoms with Crippen molar-refractivity contribution in [2.75, 3.05) is 26.7 Å². The van der Waals surface area contributed by atoms with E-state index in [1.165, 1.54) is 26.2 Å². The van der Waals surface area contributed by atoms with Crippen molar-refractivity contribution in [3.05, 3.63) is 0 Å². The molecule has 2 atom stereocenters. The van der Waals surface area contributed by atoms with E-state index < -0.39 is 0 Å². The zero-order chi connectivity index (χ0) is 15.2. The number of halogens is 1. The van der Waals surface area contributed by atoms with E-state index in [2.05, 4.69) is 10.6 Å². The number of piperidine rings is 1. The fourth-order valence-corrected chi connectivity index (χ4v) is 3.81. The summed E-state index contributed by atoms with van der Waals surface area (Å²) >= 11 is 0. The lowest BCUT2D eigenvalue weighted by Gasteiger charge is -2.36. The molecule has 2 fully saturated rings. The molecule has 2 N–H and O–H groups in total. The molecule has 6 heteroatoms. The number of nitrogens with one attached hydrogen (secondary N) is 2. The Bertz CT molecular complexity index is 370. The zero-order valence-corrected chi connectivity index (χ0v) is 14.6. The van der Waals surface area contributed by atoms with Crippen LogP contribution in [0, 0.1) is 11.8 Å². The van der Waals surface area contributed by atoms with Crippen LogP contribution in [0.15, 0.2) is 0 Å². The summed E-state index contributed by atoms with van der Waals surface area (Å²) in [7, 11) is 1.96. The largest absolute Gasteiger partial charge is 0.344 e. The molecule has 2 unspecified atom stereocenters. The van der Waals surface area contributed by atoms with Gasteiger partial charge < -0.3 is 15.5 Å². The molecule has 1 saturated heterocycles. The molecule has 2 rings (SSSR count). The summed E-state index contributed by atoms with van der Waals surface area (Å²) in [6, 6.07) is -0.307. The number of rotatable bonds is 5. The maximum Gasteiger partial charge on any atom is 0.245 e. The highest BCUT2D eigenvalue weighted by Gasteiger charge is 2.35. The molecule has 0 aromatic rings. The van der Waals surface area contributed by atoms with Gasteiger partial charge in [-0.25, -0.2) is 0 Å². The van der Waals surface area contributed by atoms with Gasteiger partial charge >= 0.3 is 0 Å². The minimum absolute atomic E-state index is 0. The Morgan fingerprint density at radius 1 is 1.18 bits per heavy atom. The van der Waals surface area contributed by atoms with E-state index in [0.29, 0.717) is 11.8 Å². The molecule has 5 nitrogen and oxygen atoms in total. The summed E-state index contributed by atoms with van der Waals surface area (Å²) in [6.45, 7) is 4.12. The van der Waals surface area contributed by atoms with Gasteiger partial charge in [0.2, 0.25) is 11.8 Å². The van der Waals surface area contributed by atoms with E-state index in [9.17, 15) is 9.59 Å². The highest BCUT2D eigenvalue weighted by molar-refractivity contribution is 5.87. The van der Waals surface area contributed by atoms with Gasteiger partial charge in [0.15, 0.2) is 0 Å². The standard InChI is InChI=1S/C16H29N3O2.ClH/c1-12(20)18-15(14-7-3-4-8-14)16(21)19-9-5-6-13(11-19)10-17-2;/h13-15,17H,3-11H2,1-2H3,(H,18,20);1H. The van der Waals surface area contributed by atoms with Gasteiger partial charge in [-0.1, -0.05) is 12.8 Å². The summed E-state index contributed by atoms with van der Waals surface area (Å²) in [6.07, 6.45) is 6.72. The van der Waals surface area contributed by atoms with Gasteiger partial charge in [0.1, 0.15) is 6.04 Å². The van der Waals surface area contributed by atoms with Crippen molar-refractivity contribution in [1.29, 1.82) is 0 Å². The van der Waals surface area contributed by atoms with Gasteiger partial charge in [-0.3, -0.25) is 9.59 Å². The summed E-state index contributed by atoms with van der Waals surface area (Å²) in [5.41, 5.74) is 0. The minimum Gasteiger partial charge on any atom is -0.344 e. The van der Waals surface area contributed by atoms with Crippen LogP contribution in [-0.2, 0) is 9.59 Å². The lowest BCUT2D eigenvalue weighted by Crippen LogP contribution is -2.54. The highest BCUT2D eigenvalue weighted by Crippen LogP contribution is 2.29. The average molecular weight is 332 g/mol. The monoisotopic (exact) mass is 331 g/mol. The Hall–Kier alpha value is -0.810. The van der Waals surface area contributed by atoms with Crippen LogP contribution in [0.2, 0.25) is 0 Å². The lowest BCUT2D eigenvalue weighted by molar-refractivity contribution is -0.139. The summed E-state index contributed by atoms with van der Waals surface area (Å²) in [5.74, 6) is 0.905. The first kappa shape index (κ1) is 19.2. The van der Waals surface area contributed by atoms with Crippen LogP contribution in [0.4, 0.5) is 0 Å². The predicted molar refractivity (Wildman–Crippen MR) is 90.0 cm³/mol. The molecule has 0 aromatic heterocycles. The number of carbonyl (C=O) groups is 2. The second-order valence-electron chi connectivity index (χ2n) is 6.57. The second-order valence-corrected chi connectivity index (χ2v) is 6.57. The zero-order valence-electron chi connectivity index (χ0n) is 13.8. The molecule has 0 bridgehead atoms. The average Bonchev–Trinajstić information content (AvgIpc) is 2.98. The fraction of sp³-hybridized carbons (Fsp3) is 0.875. The number of hydrogen-bond acceptors (Lipinski definition) is 3. The third kappa shape index (κ3) is 5.13. The summed E-state index contributed by atoms with van der Waals surface area (Å²) in [4.78, 5) is 26.3. The molecule has 1 aliphatic carbocycles. The Labute approximate surface area is 140 Å². The van der Waals surface area contributed by atoms with E-state index in [-0.39, 0.29) is 30.3 Å². The molecule has 0 aromatic carbocycles. The first-order chi connectivity index (χ1) is 10.1. The van der Waals surface area contributed by atoms with Crippen LogP contribution in [-0.4, -0.2) is 49.4 Å². The number of nitrogens with zero attached hydrogens (tertiary/aromatic N) is 1. The van der Waals surface area contributed by atoms with Gasteiger partial charge in [0.25, 0.3) is 0 Å². The van der Waals surface area contributed by atoms with Crippen molar-refractivity contribution in [3.63, 3.8) is 0 Å². The summed E-state index contributed by atoms with van der Waals surface area (Å²) in [5, 5.41) is 6.13. The van der Waals surface area contributed by atoms with Crippen LogP contribution in [0.1, 0.15) is 45.4 Å². The van der Waals surface area contributed by atoms with Crippen LogP contribution in [0.3, 0.4) is 0 Å². The van der Waals surface area contributed by atoms with E-state index in [1.807, 2.05) is 11.9 Å². The van der Waals surface area contributed by atoms with Crippen molar-refractivity contribution in [2.24, 2.45) is 11.8 Å². The predicted octanol–water partition coefficient (Wildman–Crippen LogP) is 1.56. The Kier molecular flexibility index (Phi) is 8.18. The Morgan fingerprint density at radius 2 is 1.86 bits per heavy atom. The third-order valence-corrected chi connectivity index (χ3v) is 4.82. The first-order valence-electron chi connectivity index (χ1n) is 8.32. The molecule has 1 aliphatic heterocycles. The molecule has 0 spiro atoms. The molecule has 128 valence electrons.